The Morgan fingerprint density at radius 1 is 1.00 bits per heavy atom. The van der Waals surface area contributed by atoms with Crippen molar-refractivity contribution in [2.75, 3.05) is 19.6 Å². The SMILES string of the molecule is C=CCN(CC=C)CC(NS(=O)(=O)c1ccc(C)cc1)c1ccccc1. The molecule has 0 radical (unpaired) electrons. The summed E-state index contributed by atoms with van der Waals surface area (Å²) in [4.78, 5) is 2.36. The molecule has 4 nitrogen and oxygen atoms in total. The summed E-state index contributed by atoms with van der Waals surface area (Å²) in [5.41, 5.74) is 1.94. The van der Waals surface area contributed by atoms with Crippen LogP contribution in [0.15, 0.2) is 84.8 Å². The number of nitrogens with one attached hydrogen (secondary N) is 1. The predicted octanol–water partition coefficient (Wildman–Crippen LogP) is 3.69. The average Bonchev–Trinajstić information content (AvgIpc) is 2.62. The highest BCUT2D eigenvalue weighted by atomic mass is 32.2. The van der Waals surface area contributed by atoms with Gasteiger partial charge in [0.1, 0.15) is 0 Å². The molecule has 1 atom stereocenters. The van der Waals surface area contributed by atoms with E-state index >= 15 is 0 Å². The minimum Gasteiger partial charge on any atom is -0.294 e. The smallest absolute Gasteiger partial charge is 0.241 e. The van der Waals surface area contributed by atoms with Gasteiger partial charge in [-0.05, 0) is 24.6 Å². The summed E-state index contributed by atoms with van der Waals surface area (Å²) < 4.78 is 28.6. The van der Waals surface area contributed by atoms with Gasteiger partial charge in [-0.25, -0.2) is 13.1 Å². The summed E-state index contributed by atoms with van der Waals surface area (Å²) in [5, 5.41) is 0. The second-order valence-electron chi connectivity index (χ2n) is 6.19. The van der Waals surface area contributed by atoms with Crippen LogP contribution in [-0.2, 0) is 10.0 Å². The Balaban J connectivity index is 2.30. The van der Waals surface area contributed by atoms with Crippen molar-refractivity contribution in [3.63, 3.8) is 0 Å². The van der Waals surface area contributed by atoms with Gasteiger partial charge in [-0.1, -0.05) is 60.2 Å². The number of rotatable bonds is 10. The largest absolute Gasteiger partial charge is 0.294 e. The molecule has 1 N–H and O–H groups in total. The van der Waals surface area contributed by atoms with E-state index in [9.17, 15) is 8.42 Å². The fourth-order valence-electron chi connectivity index (χ4n) is 2.72. The van der Waals surface area contributed by atoms with Gasteiger partial charge in [0, 0.05) is 19.6 Å². The van der Waals surface area contributed by atoms with E-state index in [1.807, 2.05) is 37.3 Å². The van der Waals surface area contributed by atoms with Crippen LogP contribution < -0.4 is 4.72 Å². The number of hydrogen-bond donors (Lipinski definition) is 1. The highest BCUT2D eigenvalue weighted by Crippen LogP contribution is 2.19. The molecule has 0 fully saturated rings. The third-order valence-electron chi connectivity index (χ3n) is 4.05. The summed E-state index contributed by atoms with van der Waals surface area (Å²) in [6.45, 7) is 11.3. The van der Waals surface area contributed by atoms with Crippen LogP contribution in [0.2, 0.25) is 0 Å². The van der Waals surface area contributed by atoms with E-state index in [0.29, 0.717) is 19.6 Å². The number of hydrogen-bond acceptors (Lipinski definition) is 3. The van der Waals surface area contributed by atoms with Gasteiger partial charge >= 0.3 is 0 Å². The molecule has 5 heteroatoms. The van der Waals surface area contributed by atoms with Crippen LogP contribution in [0.4, 0.5) is 0 Å². The predicted molar refractivity (Wildman–Crippen MR) is 108 cm³/mol. The second-order valence-corrected chi connectivity index (χ2v) is 7.91. The zero-order valence-electron chi connectivity index (χ0n) is 15.1. The first kappa shape index (κ1) is 20.1. The van der Waals surface area contributed by atoms with Crippen molar-refractivity contribution in [3.8, 4) is 0 Å². The van der Waals surface area contributed by atoms with E-state index in [-0.39, 0.29) is 10.9 Å². The number of aryl methyl sites for hydroxylation is 1. The highest BCUT2D eigenvalue weighted by molar-refractivity contribution is 7.89. The number of benzene rings is 2. The fraction of sp³-hybridized carbons (Fsp3) is 0.238. The maximum absolute atomic E-state index is 12.9. The summed E-state index contributed by atoms with van der Waals surface area (Å²) in [7, 11) is -3.63. The van der Waals surface area contributed by atoms with E-state index in [4.69, 9.17) is 0 Å². The van der Waals surface area contributed by atoms with Crippen LogP contribution in [-0.4, -0.2) is 33.0 Å². The summed E-state index contributed by atoms with van der Waals surface area (Å²) in [5.74, 6) is 0. The molecular weight excluding hydrogens is 344 g/mol. The molecular formula is C21H26N2O2S. The van der Waals surface area contributed by atoms with Crippen LogP contribution in [0.25, 0.3) is 0 Å². The Kier molecular flexibility index (Phi) is 7.33. The molecule has 0 amide bonds. The van der Waals surface area contributed by atoms with Crippen LogP contribution in [0.1, 0.15) is 17.2 Å². The first-order valence-electron chi connectivity index (χ1n) is 8.54. The molecule has 0 bridgehead atoms. The molecule has 0 aliphatic rings. The zero-order valence-corrected chi connectivity index (χ0v) is 16.0. The van der Waals surface area contributed by atoms with Crippen molar-refractivity contribution in [1.82, 2.24) is 9.62 Å². The minimum atomic E-state index is -3.63. The van der Waals surface area contributed by atoms with E-state index < -0.39 is 10.0 Å². The van der Waals surface area contributed by atoms with Crippen molar-refractivity contribution < 1.29 is 8.42 Å². The lowest BCUT2D eigenvalue weighted by molar-refractivity contribution is 0.304. The van der Waals surface area contributed by atoms with Crippen molar-refractivity contribution >= 4 is 10.0 Å². The lowest BCUT2D eigenvalue weighted by Crippen LogP contribution is -2.38. The molecule has 0 heterocycles. The molecule has 26 heavy (non-hydrogen) atoms. The Hall–Kier alpha value is -2.21. The van der Waals surface area contributed by atoms with Gasteiger partial charge in [0.05, 0.1) is 10.9 Å². The van der Waals surface area contributed by atoms with Crippen LogP contribution in [0, 0.1) is 6.92 Å². The number of sulfonamides is 1. The van der Waals surface area contributed by atoms with Gasteiger partial charge in [0.15, 0.2) is 0 Å². The minimum absolute atomic E-state index is 0.267. The molecule has 0 saturated carbocycles. The van der Waals surface area contributed by atoms with Crippen molar-refractivity contribution in [2.45, 2.75) is 17.9 Å². The lowest BCUT2D eigenvalue weighted by atomic mass is 10.1. The quantitative estimate of drug-likeness (QED) is 0.649. The molecule has 138 valence electrons. The van der Waals surface area contributed by atoms with Crippen molar-refractivity contribution in [2.24, 2.45) is 0 Å². The average molecular weight is 371 g/mol. The number of nitrogens with zero attached hydrogens (tertiary/aromatic N) is 1. The first-order valence-corrected chi connectivity index (χ1v) is 10.0. The molecule has 2 aromatic carbocycles. The molecule has 2 rings (SSSR count). The van der Waals surface area contributed by atoms with E-state index in [1.54, 1.807) is 36.4 Å². The maximum atomic E-state index is 12.9. The molecule has 0 spiro atoms. The monoisotopic (exact) mass is 370 g/mol. The maximum Gasteiger partial charge on any atom is 0.241 e. The lowest BCUT2D eigenvalue weighted by Gasteiger charge is -2.26. The van der Waals surface area contributed by atoms with Gasteiger partial charge in [-0.3, -0.25) is 4.90 Å². The van der Waals surface area contributed by atoms with Crippen molar-refractivity contribution in [3.05, 3.63) is 91.0 Å². The van der Waals surface area contributed by atoms with Crippen LogP contribution in [0.3, 0.4) is 0 Å². The van der Waals surface area contributed by atoms with E-state index in [2.05, 4.69) is 22.8 Å². The highest BCUT2D eigenvalue weighted by Gasteiger charge is 2.23. The first-order chi connectivity index (χ1) is 12.5. The molecule has 2 aromatic rings. The molecule has 0 aliphatic carbocycles. The Bertz CT molecular complexity index is 805. The Labute approximate surface area is 156 Å². The van der Waals surface area contributed by atoms with Crippen molar-refractivity contribution in [1.29, 1.82) is 0 Å². The zero-order chi connectivity index (χ0) is 19.0. The second kappa shape index (κ2) is 9.48. The third kappa shape index (κ3) is 5.66. The van der Waals surface area contributed by atoms with E-state index in [1.165, 1.54) is 0 Å². The summed E-state index contributed by atoms with van der Waals surface area (Å²) in [6.07, 6.45) is 3.61. The van der Waals surface area contributed by atoms with Gasteiger partial charge in [-0.2, -0.15) is 0 Å². The summed E-state index contributed by atoms with van der Waals surface area (Å²) >= 11 is 0. The molecule has 0 saturated heterocycles. The standard InChI is InChI=1S/C21H26N2O2S/c1-4-15-23(16-5-2)17-21(19-9-7-6-8-10-19)22-26(24,25)20-13-11-18(3)12-14-20/h4-14,21-22H,1-2,15-17H2,3H3. The molecule has 1 unspecified atom stereocenters. The normalized spacial score (nSPS) is 12.7. The molecule has 0 aromatic heterocycles. The van der Waals surface area contributed by atoms with Gasteiger partial charge in [0.25, 0.3) is 0 Å². The van der Waals surface area contributed by atoms with E-state index in [0.717, 1.165) is 11.1 Å². The Morgan fingerprint density at radius 2 is 1.58 bits per heavy atom. The van der Waals surface area contributed by atoms with Gasteiger partial charge < -0.3 is 0 Å². The van der Waals surface area contributed by atoms with Gasteiger partial charge in [0.2, 0.25) is 10.0 Å². The fourth-order valence-corrected chi connectivity index (χ4v) is 3.93. The Morgan fingerprint density at radius 3 is 2.12 bits per heavy atom. The van der Waals surface area contributed by atoms with Crippen LogP contribution in [0.5, 0.6) is 0 Å². The summed E-state index contributed by atoms with van der Waals surface area (Å²) in [6, 6.07) is 16.1. The molecule has 0 aliphatic heterocycles. The van der Waals surface area contributed by atoms with Crippen LogP contribution >= 0.6 is 0 Å². The topological polar surface area (TPSA) is 49.4 Å². The third-order valence-corrected chi connectivity index (χ3v) is 5.53. The van der Waals surface area contributed by atoms with Gasteiger partial charge in [-0.15, -0.1) is 13.2 Å².